The number of carbonyl (C=O) groups excluding carboxylic acids is 1. The Bertz CT molecular complexity index is 525. The van der Waals surface area contributed by atoms with E-state index in [1.54, 1.807) is 36.4 Å². The first-order valence-corrected chi connectivity index (χ1v) is 5.61. The molecule has 0 aliphatic carbocycles. The molecule has 0 amide bonds. The van der Waals surface area contributed by atoms with Crippen LogP contribution in [0.2, 0.25) is 0 Å². The van der Waals surface area contributed by atoms with E-state index < -0.39 is 11.2 Å². The van der Waals surface area contributed by atoms with Crippen LogP contribution >= 0.6 is 11.6 Å². The number of hydrogen-bond acceptors (Lipinski definition) is 1. The zero-order chi connectivity index (χ0) is 12.3. The van der Waals surface area contributed by atoms with Gasteiger partial charge in [0.15, 0.2) is 5.78 Å². The molecule has 0 aromatic heterocycles. The molecule has 1 atom stereocenters. The van der Waals surface area contributed by atoms with Gasteiger partial charge in [0.2, 0.25) is 0 Å². The fourth-order valence-electron chi connectivity index (χ4n) is 1.56. The lowest BCUT2D eigenvalue weighted by Crippen LogP contribution is -2.07. The number of rotatable bonds is 3. The summed E-state index contributed by atoms with van der Waals surface area (Å²) in [5.41, 5.74) is 0.997. The molecule has 1 nitrogen and oxygen atoms in total. The van der Waals surface area contributed by atoms with Crippen molar-refractivity contribution in [3.63, 3.8) is 0 Å². The van der Waals surface area contributed by atoms with Gasteiger partial charge >= 0.3 is 0 Å². The predicted molar refractivity (Wildman–Crippen MR) is 65.8 cm³/mol. The standard InChI is InChI=1S/C14H10ClFO/c15-13(11-7-4-8-12(16)9-11)14(17)10-5-2-1-3-6-10/h1-9,13H. The van der Waals surface area contributed by atoms with Gasteiger partial charge in [0, 0.05) is 5.56 Å². The van der Waals surface area contributed by atoms with Gasteiger partial charge in [-0.05, 0) is 17.7 Å². The maximum Gasteiger partial charge on any atom is 0.185 e. The van der Waals surface area contributed by atoms with Gasteiger partial charge in [-0.25, -0.2) is 4.39 Å². The van der Waals surface area contributed by atoms with Crippen molar-refractivity contribution < 1.29 is 9.18 Å². The third-order valence-electron chi connectivity index (χ3n) is 2.43. The average molecular weight is 249 g/mol. The van der Waals surface area contributed by atoms with Crippen LogP contribution in [0, 0.1) is 5.82 Å². The van der Waals surface area contributed by atoms with E-state index >= 15 is 0 Å². The summed E-state index contributed by atoms with van der Waals surface area (Å²) in [6, 6.07) is 14.5. The Labute approximate surface area is 104 Å². The Kier molecular flexibility index (Phi) is 3.55. The highest BCUT2D eigenvalue weighted by Crippen LogP contribution is 2.25. The molecule has 0 heterocycles. The number of alkyl halides is 1. The molecule has 0 bridgehead atoms. The topological polar surface area (TPSA) is 17.1 Å². The highest BCUT2D eigenvalue weighted by molar-refractivity contribution is 6.33. The summed E-state index contributed by atoms with van der Waals surface area (Å²) in [5.74, 6) is -0.619. The maximum atomic E-state index is 13.0. The fraction of sp³-hybridized carbons (Fsp3) is 0.0714. The van der Waals surface area contributed by atoms with Crippen molar-refractivity contribution in [3.8, 4) is 0 Å². The molecule has 0 saturated carbocycles. The van der Waals surface area contributed by atoms with Crippen molar-refractivity contribution in [1.82, 2.24) is 0 Å². The van der Waals surface area contributed by atoms with Gasteiger partial charge in [0.25, 0.3) is 0 Å². The molecule has 2 rings (SSSR count). The van der Waals surface area contributed by atoms with Crippen LogP contribution in [0.5, 0.6) is 0 Å². The van der Waals surface area contributed by atoms with Crippen molar-refractivity contribution in [2.24, 2.45) is 0 Å². The Morgan fingerprint density at radius 3 is 2.41 bits per heavy atom. The molecule has 0 aliphatic heterocycles. The smallest absolute Gasteiger partial charge is 0.185 e. The molecule has 0 spiro atoms. The van der Waals surface area contributed by atoms with E-state index in [4.69, 9.17) is 11.6 Å². The minimum absolute atomic E-state index is 0.224. The lowest BCUT2D eigenvalue weighted by molar-refractivity contribution is 0.0987. The van der Waals surface area contributed by atoms with Gasteiger partial charge in [-0.15, -0.1) is 11.6 Å². The molecule has 0 fully saturated rings. The van der Waals surface area contributed by atoms with Gasteiger partial charge in [-0.1, -0.05) is 42.5 Å². The van der Waals surface area contributed by atoms with Gasteiger partial charge < -0.3 is 0 Å². The summed E-state index contributed by atoms with van der Waals surface area (Å²) < 4.78 is 13.0. The molecule has 0 saturated heterocycles. The number of Topliss-reactive ketones (excluding diaryl/α,β-unsaturated/α-hetero) is 1. The Hall–Kier alpha value is -1.67. The monoisotopic (exact) mass is 248 g/mol. The van der Waals surface area contributed by atoms with E-state index in [0.29, 0.717) is 11.1 Å². The zero-order valence-corrected chi connectivity index (χ0v) is 9.69. The van der Waals surface area contributed by atoms with Crippen LogP contribution in [0.15, 0.2) is 54.6 Å². The summed E-state index contributed by atoms with van der Waals surface area (Å²) in [4.78, 5) is 12.0. The van der Waals surface area contributed by atoms with Gasteiger partial charge in [-0.2, -0.15) is 0 Å². The normalized spacial score (nSPS) is 12.1. The lowest BCUT2D eigenvalue weighted by Gasteiger charge is -2.08. The van der Waals surface area contributed by atoms with Crippen LogP contribution in [0.3, 0.4) is 0 Å². The molecule has 2 aromatic rings. The van der Waals surface area contributed by atoms with E-state index in [0.717, 1.165) is 0 Å². The second-order valence-corrected chi connectivity index (χ2v) is 4.08. The van der Waals surface area contributed by atoms with E-state index in [9.17, 15) is 9.18 Å². The van der Waals surface area contributed by atoms with Crippen LogP contribution in [0.25, 0.3) is 0 Å². The Morgan fingerprint density at radius 2 is 1.76 bits per heavy atom. The second-order valence-electron chi connectivity index (χ2n) is 3.65. The largest absolute Gasteiger partial charge is 0.292 e. The number of hydrogen-bond donors (Lipinski definition) is 0. The minimum Gasteiger partial charge on any atom is -0.292 e. The highest BCUT2D eigenvalue weighted by atomic mass is 35.5. The zero-order valence-electron chi connectivity index (χ0n) is 8.94. The van der Waals surface area contributed by atoms with Gasteiger partial charge in [0.1, 0.15) is 11.2 Å². The van der Waals surface area contributed by atoms with Crippen molar-refractivity contribution in [2.45, 2.75) is 5.38 Å². The minimum atomic E-state index is -0.854. The van der Waals surface area contributed by atoms with Crippen LogP contribution in [-0.2, 0) is 0 Å². The third-order valence-corrected chi connectivity index (χ3v) is 2.88. The summed E-state index contributed by atoms with van der Waals surface area (Å²) in [6.07, 6.45) is 0. The summed E-state index contributed by atoms with van der Waals surface area (Å²) in [6.45, 7) is 0. The lowest BCUT2D eigenvalue weighted by atomic mass is 10.0. The first kappa shape index (κ1) is 11.8. The van der Waals surface area contributed by atoms with Crippen LogP contribution in [0.1, 0.15) is 21.3 Å². The molecule has 86 valence electrons. The number of ketones is 1. The SMILES string of the molecule is O=C(c1ccccc1)C(Cl)c1cccc(F)c1. The van der Waals surface area contributed by atoms with Crippen molar-refractivity contribution in [1.29, 1.82) is 0 Å². The summed E-state index contributed by atoms with van der Waals surface area (Å²) in [5, 5.41) is -0.854. The van der Waals surface area contributed by atoms with E-state index in [1.807, 2.05) is 6.07 Å². The first-order valence-electron chi connectivity index (χ1n) is 5.17. The molecular weight excluding hydrogens is 239 g/mol. The summed E-state index contributed by atoms with van der Waals surface area (Å²) in [7, 11) is 0. The fourth-order valence-corrected chi connectivity index (χ4v) is 1.83. The number of benzene rings is 2. The van der Waals surface area contributed by atoms with Crippen LogP contribution in [-0.4, -0.2) is 5.78 Å². The molecular formula is C14H10ClFO. The molecule has 2 aromatic carbocycles. The quantitative estimate of drug-likeness (QED) is 0.593. The Morgan fingerprint density at radius 1 is 1.06 bits per heavy atom. The molecule has 17 heavy (non-hydrogen) atoms. The van der Waals surface area contributed by atoms with Crippen molar-refractivity contribution >= 4 is 17.4 Å². The number of carbonyl (C=O) groups is 1. The van der Waals surface area contributed by atoms with E-state index in [-0.39, 0.29) is 5.78 Å². The van der Waals surface area contributed by atoms with Crippen molar-refractivity contribution in [2.75, 3.05) is 0 Å². The molecule has 1 unspecified atom stereocenters. The Balaban J connectivity index is 2.27. The van der Waals surface area contributed by atoms with Gasteiger partial charge in [0.05, 0.1) is 0 Å². The van der Waals surface area contributed by atoms with Crippen LogP contribution in [0.4, 0.5) is 4.39 Å². The van der Waals surface area contributed by atoms with Crippen LogP contribution < -0.4 is 0 Å². The molecule has 0 aliphatic rings. The number of halogens is 2. The predicted octanol–water partition coefficient (Wildman–Crippen LogP) is 3.99. The maximum absolute atomic E-state index is 13.0. The molecule has 0 N–H and O–H groups in total. The molecule has 0 radical (unpaired) electrons. The third kappa shape index (κ3) is 2.71. The van der Waals surface area contributed by atoms with E-state index in [2.05, 4.69) is 0 Å². The average Bonchev–Trinajstić information content (AvgIpc) is 2.38. The summed E-state index contributed by atoms with van der Waals surface area (Å²) >= 11 is 6.05. The second kappa shape index (κ2) is 5.11. The molecule has 3 heteroatoms. The van der Waals surface area contributed by atoms with E-state index in [1.165, 1.54) is 12.1 Å². The van der Waals surface area contributed by atoms with Gasteiger partial charge in [-0.3, -0.25) is 4.79 Å². The highest BCUT2D eigenvalue weighted by Gasteiger charge is 2.19. The first-order chi connectivity index (χ1) is 8.18. The van der Waals surface area contributed by atoms with Crippen molar-refractivity contribution in [3.05, 3.63) is 71.5 Å².